The summed E-state index contributed by atoms with van der Waals surface area (Å²) in [5, 5.41) is 8.97. The monoisotopic (exact) mass is 282 g/mol. The Balaban J connectivity index is 1.48. The highest BCUT2D eigenvalue weighted by Gasteiger charge is 2.40. The van der Waals surface area contributed by atoms with Crippen LogP contribution in [0.5, 0.6) is 0 Å². The molecule has 0 saturated carbocycles. The van der Waals surface area contributed by atoms with Crippen LogP contribution in [-0.2, 0) is 9.53 Å². The fourth-order valence-electron chi connectivity index (χ4n) is 4.25. The molecule has 3 aliphatic rings. The van der Waals surface area contributed by atoms with Gasteiger partial charge in [-0.15, -0.1) is 0 Å². The quantitative estimate of drug-likeness (QED) is 0.816. The Bertz CT molecular complexity index is 330. The Morgan fingerprint density at radius 3 is 2.35 bits per heavy atom. The first-order valence-corrected chi connectivity index (χ1v) is 8.00. The van der Waals surface area contributed by atoms with Gasteiger partial charge in [0.1, 0.15) is 0 Å². The van der Waals surface area contributed by atoms with Gasteiger partial charge in [-0.25, -0.2) is 0 Å². The molecule has 5 heteroatoms. The van der Waals surface area contributed by atoms with Crippen LogP contribution in [0.15, 0.2) is 0 Å². The lowest BCUT2D eigenvalue weighted by molar-refractivity contribution is -0.138. The second-order valence-electron chi connectivity index (χ2n) is 6.51. The van der Waals surface area contributed by atoms with Crippen molar-refractivity contribution in [3.8, 4) is 0 Å². The van der Waals surface area contributed by atoms with Gasteiger partial charge in [0, 0.05) is 44.7 Å². The van der Waals surface area contributed by atoms with E-state index in [1.54, 1.807) is 0 Å². The third-order valence-electron chi connectivity index (χ3n) is 5.22. The number of hydrogen-bond donors (Lipinski definition) is 1. The van der Waals surface area contributed by atoms with Gasteiger partial charge in [0.15, 0.2) is 0 Å². The fraction of sp³-hybridized carbons (Fsp3) is 0.933. The molecule has 3 fully saturated rings. The van der Waals surface area contributed by atoms with Gasteiger partial charge in [0.05, 0.1) is 13.2 Å². The van der Waals surface area contributed by atoms with Crippen molar-refractivity contribution in [3.05, 3.63) is 0 Å². The average molecular weight is 282 g/mol. The molecule has 0 aromatic heterocycles. The van der Waals surface area contributed by atoms with Gasteiger partial charge in [-0.1, -0.05) is 0 Å². The standard InChI is InChI=1S/C15H26N2O3/c18-15(19)11-12-9-13-1-2-14(10-12)17(13)4-3-16-5-7-20-8-6-16/h12-14H,1-11H2,(H,18,19). The van der Waals surface area contributed by atoms with Crippen LogP contribution in [-0.4, -0.2) is 72.4 Å². The van der Waals surface area contributed by atoms with E-state index in [0.717, 1.165) is 52.2 Å². The molecule has 114 valence electrons. The first-order valence-electron chi connectivity index (χ1n) is 8.00. The van der Waals surface area contributed by atoms with E-state index in [-0.39, 0.29) is 0 Å². The van der Waals surface area contributed by atoms with Gasteiger partial charge >= 0.3 is 5.97 Å². The van der Waals surface area contributed by atoms with E-state index in [4.69, 9.17) is 9.84 Å². The lowest BCUT2D eigenvalue weighted by Crippen LogP contribution is -2.48. The van der Waals surface area contributed by atoms with Crippen molar-refractivity contribution in [2.24, 2.45) is 5.92 Å². The molecule has 0 spiro atoms. The van der Waals surface area contributed by atoms with Crippen molar-refractivity contribution in [1.82, 2.24) is 9.80 Å². The molecule has 2 bridgehead atoms. The van der Waals surface area contributed by atoms with Crippen LogP contribution in [0.1, 0.15) is 32.1 Å². The minimum Gasteiger partial charge on any atom is -0.481 e. The predicted octanol–water partition coefficient (Wildman–Crippen LogP) is 1.04. The normalized spacial score (nSPS) is 35.3. The summed E-state index contributed by atoms with van der Waals surface area (Å²) < 4.78 is 5.39. The van der Waals surface area contributed by atoms with Gasteiger partial charge in [-0.05, 0) is 31.6 Å². The number of carboxylic acids is 1. The number of hydrogen-bond acceptors (Lipinski definition) is 4. The van der Waals surface area contributed by atoms with Crippen molar-refractivity contribution >= 4 is 5.97 Å². The number of carboxylic acid groups (broad SMARTS) is 1. The predicted molar refractivity (Wildman–Crippen MR) is 75.8 cm³/mol. The Labute approximate surface area is 120 Å². The first-order chi connectivity index (χ1) is 9.72. The molecule has 0 radical (unpaired) electrons. The van der Waals surface area contributed by atoms with Crippen LogP contribution in [0, 0.1) is 5.92 Å². The number of nitrogens with zero attached hydrogens (tertiary/aromatic N) is 2. The Morgan fingerprint density at radius 2 is 1.75 bits per heavy atom. The second-order valence-corrected chi connectivity index (χ2v) is 6.51. The lowest BCUT2D eigenvalue weighted by Gasteiger charge is -2.40. The number of aliphatic carboxylic acids is 1. The topological polar surface area (TPSA) is 53.0 Å². The highest BCUT2D eigenvalue weighted by atomic mass is 16.5. The first kappa shape index (κ1) is 14.3. The van der Waals surface area contributed by atoms with Crippen molar-refractivity contribution in [1.29, 1.82) is 0 Å². The summed E-state index contributed by atoms with van der Waals surface area (Å²) in [6.07, 6.45) is 5.08. The molecule has 0 amide bonds. The van der Waals surface area contributed by atoms with Crippen molar-refractivity contribution in [2.45, 2.75) is 44.2 Å². The van der Waals surface area contributed by atoms with E-state index >= 15 is 0 Å². The summed E-state index contributed by atoms with van der Waals surface area (Å²) in [4.78, 5) is 16.0. The molecule has 3 heterocycles. The van der Waals surface area contributed by atoms with Crippen molar-refractivity contribution in [3.63, 3.8) is 0 Å². The van der Waals surface area contributed by atoms with Crippen LogP contribution in [0.4, 0.5) is 0 Å². The van der Waals surface area contributed by atoms with Crippen LogP contribution in [0.2, 0.25) is 0 Å². The molecule has 3 rings (SSSR count). The summed E-state index contributed by atoms with van der Waals surface area (Å²) in [5.41, 5.74) is 0. The zero-order valence-corrected chi connectivity index (χ0v) is 12.2. The minimum absolute atomic E-state index is 0.365. The summed E-state index contributed by atoms with van der Waals surface area (Å²) in [6.45, 7) is 6.14. The summed E-state index contributed by atoms with van der Waals surface area (Å²) >= 11 is 0. The molecule has 3 aliphatic heterocycles. The van der Waals surface area contributed by atoms with Gasteiger partial charge in [0.25, 0.3) is 0 Å². The van der Waals surface area contributed by atoms with E-state index in [0.29, 0.717) is 24.4 Å². The van der Waals surface area contributed by atoms with Gasteiger partial charge in [0.2, 0.25) is 0 Å². The second kappa shape index (κ2) is 6.41. The van der Waals surface area contributed by atoms with Gasteiger partial charge in [-0.3, -0.25) is 14.6 Å². The molecule has 0 aromatic carbocycles. The lowest BCUT2D eigenvalue weighted by atomic mass is 9.88. The number of ether oxygens (including phenoxy) is 1. The number of rotatable bonds is 5. The SMILES string of the molecule is O=C(O)CC1CC2CCC(C1)N2CCN1CCOCC1. The summed E-state index contributed by atoms with van der Waals surface area (Å²) in [6, 6.07) is 1.28. The molecule has 3 saturated heterocycles. The molecule has 2 unspecified atom stereocenters. The van der Waals surface area contributed by atoms with E-state index in [9.17, 15) is 4.79 Å². The highest BCUT2D eigenvalue weighted by Crippen LogP contribution is 2.39. The largest absolute Gasteiger partial charge is 0.481 e. The molecular formula is C15H26N2O3. The van der Waals surface area contributed by atoms with E-state index in [2.05, 4.69) is 9.80 Å². The third kappa shape index (κ3) is 3.32. The smallest absolute Gasteiger partial charge is 0.303 e. The van der Waals surface area contributed by atoms with Gasteiger partial charge < -0.3 is 9.84 Å². The molecule has 1 N–H and O–H groups in total. The average Bonchev–Trinajstić information content (AvgIpc) is 2.67. The zero-order chi connectivity index (χ0) is 13.9. The Hall–Kier alpha value is -0.650. The van der Waals surface area contributed by atoms with Crippen molar-refractivity contribution < 1.29 is 14.6 Å². The summed E-state index contributed by atoms with van der Waals surface area (Å²) in [5.74, 6) is -0.221. The maximum atomic E-state index is 10.9. The fourth-order valence-corrected chi connectivity index (χ4v) is 4.25. The van der Waals surface area contributed by atoms with Gasteiger partial charge in [-0.2, -0.15) is 0 Å². The Kier molecular flexibility index (Phi) is 4.58. The molecule has 5 nitrogen and oxygen atoms in total. The summed E-state index contributed by atoms with van der Waals surface area (Å²) in [7, 11) is 0. The van der Waals surface area contributed by atoms with E-state index in [1.807, 2.05) is 0 Å². The van der Waals surface area contributed by atoms with E-state index < -0.39 is 5.97 Å². The van der Waals surface area contributed by atoms with Crippen LogP contribution in [0.25, 0.3) is 0 Å². The third-order valence-corrected chi connectivity index (χ3v) is 5.22. The number of morpholine rings is 1. The maximum absolute atomic E-state index is 10.9. The highest BCUT2D eigenvalue weighted by molar-refractivity contribution is 5.67. The number of fused-ring (bicyclic) bond motifs is 2. The molecular weight excluding hydrogens is 256 g/mol. The maximum Gasteiger partial charge on any atom is 0.303 e. The minimum atomic E-state index is -0.629. The zero-order valence-electron chi connectivity index (χ0n) is 12.2. The number of carbonyl (C=O) groups is 1. The van der Waals surface area contributed by atoms with Crippen LogP contribution < -0.4 is 0 Å². The van der Waals surface area contributed by atoms with E-state index in [1.165, 1.54) is 12.8 Å². The molecule has 20 heavy (non-hydrogen) atoms. The number of piperidine rings is 1. The molecule has 0 aliphatic carbocycles. The van der Waals surface area contributed by atoms with Crippen LogP contribution in [0.3, 0.4) is 0 Å². The molecule has 2 atom stereocenters. The van der Waals surface area contributed by atoms with Crippen LogP contribution >= 0.6 is 0 Å². The van der Waals surface area contributed by atoms with Crippen molar-refractivity contribution in [2.75, 3.05) is 39.4 Å². The molecule has 0 aromatic rings. The Morgan fingerprint density at radius 1 is 1.10 bits per heavy atom.